The summed E-state index contributed by atoms with van der Waals surface area (Å²) in [5.41, 5.74) is 2.49. The Morgan fingerprint density at radius 3 is 2.55 bits per heavy atom. The summed E-state index contributed by atoms with van der Waals surface area (Å²) < 4.78 is 83.0. The van der Waals surface area contributed by atoms with Crippen molar-refractivity contribution in [3.8, 4) is 16.9 Å². The summed E-state index contributed by atoms with van der Waals surface area (Å²) in [7, 11) is 0. The smallest absolute Gasteiger partial charge is 0.519 e. The second-order valence-corrected chi connectivity index (χ2v) is 9.99. The fourth-order valence-electron chi connectivity index (χ4n) is 4.05. The predicted molar refractivity (Wildman–Crippen MR) is 154 cm³/mol. The number of hydrogen-bond acceptors (Lipinski definition) is 2. The molecule has 0 aliphatic heterocycles. The Balaban J connectivity index is 0.000000246. The largest absolute Gasteiger partial charge is 3.00 e. The zero-order valence-electron chi connectivity index (χ0n) is 30.1. The van der Waals surface area contributed by atoms with Crippen LogP contribution in [0.3, 0.4) is 0 Å². The van der Waals surface area contributed by atoms with Crippen LogP contribution in [0.4, 0.5) is 4.39 Å². The third-order valence-electron chi connectivity index (χ3n) is 5.78. The van der Waals surface area contributed by atoms with Gasteiger partial charge in [0.15, 0.2) is 6.20 Å². The van der Waals surface area contributed by atoms with E-state index in [9.17, 15) is 4.39 Å². The molecule has 0 unspecified atom stereocenters. The molecule has 0 bridgehead atoms. The average Bonchev–Trinajstić information content (AvgIpc) is 3.39. The summed E-state index contributed by atoms with van der Waals surface area (Å²) in [4.78, 5) is 4.03. The molecule has 3 aromatic heterocycles. The van der Waals surface area contributed by atoms with Crippen molar-refractivity contribution in [2.75, 3.05) is 0 Å². The van der Waals surface area contributed by atoms with Crippen LogP contribution in [0.2, 0.25) is 0 Å². The molecule has 0 spiro atoms. The molecule has 40 heavy (non-hydrogen) atoms. The Hall–Kier alpha value is -3.66. The van der Waals surface area contributed by atoms with Crippen molar-refractivity contribution in [1.82, 2.24) is 4.98 Å². The van der Waals surface area contributed by atoms with Gasteiger partial charge in [0.05, 0.1) is 11.9 Å². The van der Waals surface area contributed by atoms with Crippen molar-refractivity contribution in [3.63, 3.8) is 0 Å². The van der Waals surface area contributed by atoms with Gasteiger partial charge in [0.2, 0.25) is 0 Å². The first-order valence-corrected chi connectivity index (χ1v) is 12.3. The Morgan fingerprint density at radius 1 is 1.00 bits per heavy atom. The fourth-order valence-corrected chi connectivity index (χ4v) is 4.05. The maximum atomic E-state index is 12.7. The quantitative estimate of drug-likeness (QED) is 0.136. The van der Waals surface area contributed by atoms with Gasteiger partial charge in [-0.1, -0.05) is 75.0 Å². The van der Waals surface area contributed by atoms with Gasteiger partial charge in [-0.05, 0) is 36.0 Å². The number of nitrogens with zero attached hydrogens (tertiary/aromatic N) is 2. The van der Waals surface area contributed by atoms with Crippen LogP contribution in [0.5, 0.6) is 0 Å². The number of aromatic nitrogens is 2. The molecule has 0 saturated heterocycles. The van der Waals surface area contributed by atoms with Crippen molar-refractivity contribution in [3.05, 3.63) is 126 Å². The summed E-state index contributed by atoms with van der Waals surface area (Å²) in [6.45, 7) is 0.646. The molecule has 0 saturated carbocycles. The Bertz CT molecular complexity index is 2030. The van der Waals surface area contributed by atoms with E-state index >= 15 is 0 Å². The van der Waals surface area contributed by atoms with E-state index in [-0.39, 0.29) is 42.6 Å². The molecule has 0 radical (unpaired) electrons. The summed E-state index contributed by atoms with van der Waals surface area (Å²) in [6, 6.07) is 25.8. The molecule has 202 valence electrons. The maximum absolute atomic E-state index is 12.7. The second-order valence-electron chi connectivity index (χ2n) is 9.99. The number of pyridine rings is 2. The SMILES string of the molecule is [2H]C([2H])([2H])c1c[c-][n+](-c2[c-]ccc3c2oc2ccccc23)cc1C([2H])([2H])C(C)(C)C.[2H]C([2H])([2H])c1ccc(-c2[c-]cc(F)cc2)nc1.[Ir+3]. The van der Waals surface area contributed by atoms with Crippen molar-refractivity contribution in [2.24, 2.45) is 5.41 Å². The van der Waals surface area contributed by atoms with E-state index in [0.717, 1.165) is 16.4 Å². The molecule has 0 aliphatic carbocycles. The Labute approximate surface area is 260 Å². The third-order valence-corrected chi connectivity index (χ3v) is 5.78. The summed E-state index contributed by atoms with van der Waals surface area (Å²) >= 11 is 0. The van der Waals surface area contributed by atoms with Gasteiger partial charge in [0.25, 0.3) is 0 Å². The number of furan rings is 1. The predicted octanol–water partition coefficient (Wildman–Crippen LogP) is 8.35. The number of aryl methyl sites for hydroxylation is 2. The van der Waals surface area contributed by atoms with Gasteiger partial charge >= 0.3 is 20.1 Å². The molecule has 0 atom stereocenters. The van der Waals surface area contributed by atoms with Gasteiger partial charge in [-0.15, -0.1) is 35.4 Å². The number of fused-ring (bicyclic) bond motifs is 3. The van der Waals surface area contributed by atoms with Gasteiger partial charge in [-0.2, -0.15) is 18.2 Å². The van der Waals surface area contributed by atoms with E-state index in [0.29, 0.717) is 22.5 Å². The van der Waals surface area contributed by atoms with E-state index in [4.69, 9.17) is 15.4 Å². The first kappa shape index (κ1) is 20.3. The van der Waals surface area contributed by atoms with E-state index in [1.807, 2.05) is 30.3 Å². The minimum absolute atomic E-state index is 0. The number of benzene rings is 3. The first-order valence-electron chi connectivity index (χ1n) is 16.3. The topological polar surface area (TPSA) is 29.9 Å². The van der Waals surface area contributed by atoms with Crippen LogP contribution in [0.25, 0.3) is 38.9 Å². The number of para-hydroxylation sites is 1. The van der Waals surface area contributed by atoms with Crippen LogP contribution in [0, 0.1) is 43.3 Å². The van der Waals surface area contributed by atoms with Crippen LogP contribution in [-0.4, -0.2) is 4.98 Å². The third kappa shape index (κ3) is 6.72. The molecule has 3 heterocycles. The monoisotopic (exact) mass is 715 g/mol. The molecular weight excluding hydrogens is 676 g/mol. The Morgan fingerprint density at radius 2 is 1.85 bits per heavy atom. The Kier molecular flexibility index (Phi) is 6.20. The summed E-state index contributed by atoms with van der Waals surface area (Å²) in [5, 5.41) is 1.87. The standard InChI is InChI=1S/C23H22NO.C12H9FN.Ir/c1-16-12-13-24(15-17(16)14-23(2,3)4)20-10-7-9-19-18-8-5-6-11-21(18)25-22(19)20;1-9-2-7-12(14-8-9)10-3-5-11(13)6-4-10;/h5-9,11-12,15H,14H2,1-4H3;2-3,5-8H,1H3;/q2*-1;+3/i1D3,14D2;1D3;. The molecule has 0 fully saturated rings. The average molecular weight is 715 g/mol. The summed E-state index contributed by atoms with van der Waals surface area (Å²) in [5.74, 6) is -0.368. The van der Waals surface area contributed by atoms with E-state index < -0.39 is 25.5 Å². The minimum Gasteiger partial charge on any atom is -0.519 e. The van der Waals surface area contributed by atoms with Crippen molar-refractivity contribution >= 4 is 21.9 Å². The molecule has 5 heteroatoms. The van der Waals surface area contributed by atoms with Crippen LogP contribution in [0.15, 0.2) is 89.6 Å². The number of hydrogen-bond donors (Lipinski definition) is 0. The van der Waals surface area contributed by atoms with Crippen molar-refractivity contribution < 1.29 is 44.4 Å². The zero-order valence-corrected chi connectivity index (χ0v) is 24.5. The molecule has 6 aromatic rings. The molecule has 3 nitrogen and oxygen atoms in total. The fraction of sp³-hybridized carbons (Fsp3) is 0.200. The van der Waals surface area contributed by atoms with Crippen molar-refractivity contribution in [1.29, 1.82) is 0 Å². The molecular formula is C35H31FIrN2O+. The van der Waals surface area contributed by atoms with Crippen LogP contribution in [0.1, 0.15) is 48.4 Å². The van der Waals surface area contributed by atoms with E-state index in [1.54, 1.807) is 43.5 Å². The molecule has 0 amide bonds. The molecule has 0 aliphatic rings. The van der Waals surface area contributed by atoms with Gasteiger partial charge in [-0.25, -0.2) is 0 Å². The second kappa shape index (κ2) is 12.2. The van der Waals surface area contributed by atoms with Crippen LogP contribution < -0.4 is 4.57 Å². The summed E-state index contributed by atoms with van der Waals surface area (Å²) in [6.07, 6.45) is 3.88. The van der Waals surface area contributed by atoms with Gasteiger partial charge in [0.1, 0.15) is 5.58 Å². The van der Waals surface area contributed by atoms with Gasteiger partial charge in [0, 0.05) is 33.9 Å². The van der Waals surface area contributed by atoms with Crippen molar-refractivity contribution in [2.45, 2.75) is 40.8 Å². The van der Waals surface area contributed by atoms with Gasteiger partial charge in [-0.3, -0.25) is 4.39 Å². The molecule has 6 rings (SSSR count). The van der Waals surface area contributed by atoms with E-state index in [2.05, 4.69) is 23.3 Å². The maximum Gasteiger partial charge on any atom is 3.00 e. The zero-order chi connectivity index (χ0) is 34.4. The van der Waals surface area contributed by atoms with E-state index in [1.165, 1.54) is 36.7 Å². The molecule has 0 N–H and O–H groups in total. The van der Waals surface area contributed by atoms with Crippen LogP contribution in [-0.2, 0) is 26.5 Å². The van der Waals surface area contributed by atoms with Crippen LogP contribution >= 0.6 is 0 Å². The number of halogens is 1. The normalized spacial score (nSPS) is 15.1. The first-order chi connectivity index (χ1) is 21.9. The molecule has 3 aromatic carbocycles. The minimum atomic E-state index is -2.46. The van der Waals surface area contributed by atoms with Gasteiger partial charge < -0.3 is 14.0 Å². The number of rotatable bonds is 3.